The fourth-order valence-corrected chi connectivity index (χ4v) is 4.43. The van der Waals surface area contributed by atoms with Crippen LogP contribution in [0.3, 0.4) is 0 Å². The predicted octanol–water partition coefficient (Wildman–Crippen LogP) is 7.76. The first-order valence-corrected chi connectivity index (χ1v) is 11.1. The fourth-order valence-electron chi connectivity index (χ4n) is 4.43. The number of benzene rings is 1. The van der Waals surface area contributed by atoms with Gasteiger partial charge in [0.2, 0.25) is 0 Å². The summed E-state index contributed by atoms with van der Waals surface area (Å²) in [4.78, 5) is 2.14. The predicted molar refractivity (Wildman–Crippen MR) is 127 cm³/mol. The second-order valence-electron chi connectivity index (χ2n) is 9.48. The van der Waals surface area contributed by atoms with E-state index in [1.54, 1.807) is 0 Å². The zero-order valence-electron chi connectivity index (χ0n) is 19.2. The van der Waals surface area contributed by atoms with Crippen molar-refractivity contribution in [3.05, 3.63) is 59.2 Å². The molecule has 3 atom stereocenters. The van der Waals surface area contributed by atoms with Crippen LogP contribution in [0.4, 0.5) is 5.69 Å². The molecule has 154 valence electrons. The Morgan fingerprint density at radius 2 is 1.64 bits per heavy atom. The molecule has 0 saturated heterocycles. The molecule has 1 aliphatic carbocycles. The highest BCUT2D eigenvalue weighted by Gasteiger charge is 2.27. The maximum atomic E-state index is 2.46. The van der Waals surface area contributed by atoms with E-state index in [1.807, 2.05) is 0 Å². The molecule has 0 N–H and O–H groups in total. The van der Waals surface area contributed by atoms with Gasteiger partial charge in [-0.05, 0) is 86.5 Å². The van der Waals surface area contributed by atoms with Gasteiger partial charge < -0.3 is 4.90 Å². The van der Waals surface area contributed by atoms with E-state index < -0.39 is 0 Å². The summed E-state index contributed by atoms with van der Waals surface area (Å²) in [7, 11) is 4.16. The zero-order valence-corrected chi connectivity index (χ0v) is 19.2. The van der Waals surface area contributed by atoms with Crippen molar-refractivity contribution in [2.45, 2.75) is 60.3 Å². The fraction of sp³-hybridized carbons (Fsp3) is 0.556. The molecule has 1 aliphatic rings. The van der Waals surface area contributed by atoms with E-state index >= 15 is 0 Å². The third-order valence-electron chi connectivity index (χ3n) is 6.34. The van der Waals surface area contributed by atoms with Crippen molar-refractivity contribution in [2.24, 2.45) is 23.7 Å². The average molecular weight is 380 g/mol. The van der Waals surface area contributed by atoms with Crippen molar-refractivity contribution in [1.82, 2.24) is 0 Å². The van der Waals surface area contributed by atoms with Crippen LogP contribution in [0.2, 0.25) is 0 Å². The lowest BCUT2D eigenvalue weighted by atomic mass is 9.82. The number of rotatable bonds is 6. The molecule has 3 unspecified atom stereocenters. The third-order valence-corrected chi connectivity index (χ3v) is 6.34. The van der Waals surface area contributed by atoms with Crippen molar-refractivity contribution in [3.8, 4) is 0 Å². The summed E-state index contributed by atoms with van der Waals surface area (Å²) in [5, 5.41) is 0. The monoisotopic (exact) mass is 379 g/mol. The standard InChI is InChI=1S/C27H41N/c1-20(2)19-25(27-18-15-24(21(3)4)14-11-22(27)5)10-8-9-23-12-16-26(17-13-23)28(6)7/h8-10,12-13,16-17,19,21-22,24,27H,11,14-15,18H2,1-7H3/b9-8+,25-10+. The van der Waals surface area contributed by atoms with Crippen LogP contribution >= 0.6 is 0 Å². The highest BCUT2D eigenvalue weighted by molar-refractivity contribution is 5.57. The van der Waals surface area contributed by atoms with E-state index in [9.17, 15) is 0 Å². The van der Waals surface area contributed by atoms with Gasteiger partial charge in [-0.3, -0.25) is 0 Å². The quantitative estimate of drug-likeness (QED) is 0.360. The van der Waals surface area contributed by atoms with Crippen LogP contribution < -0.4 is 4.90 Å². The van der Waals surface area contributed by atoms with Gasteiger partial charge in [-0.1, -0.05) is 62.8 Å². The number of hydrogen-bond donors (Lipinski definition) is 0. The molecule has 1 nitrogen and oxygen atoms in total. The topological polar surface area (TPSA) is 3.24 Å². The first kappa shape index (κ1) is 22.5. The lowest BCUT2D eigenvalue weighted by Crippen LogP contribution is -2.12. The van der Waals surface area contributed by atoms with Crippen molar-refractivity contribution in [1.29, 1.82) is 0 Å². The van der Waals surface area contributed by atoms with Gasteiger partial charge in [0, 0.05) is 19.8 Å². The van der Waals surface area contributed by atoms with Gasteiger partial charge in [0.1, 0.15) is 0 Å². The van der Waals surface area contributed by atoms with E-state index in [0.717, 1.165) is 17.8 Å². The van der Waals surface area contributed by atoms with Gasteiger partial charge in [0.15, 0.2) is 0 Å². The van der Waals surface area contributed by atoms with Gasteiger partial charge in [-0.25, -0.2) is 0 Å². The maximum Gasteiger partial charge on any atom is 0.0361 e. The second-order valence-corrected chi connectivity index (χ2v) is 9.48. The number of allylic oxidation sites excluding steroid dienone is 5. The largest absolute Gasteiger partial charge is 0.378 e. The van der Waals surface area contributed by atoms with E-state index in [1.165, 1.54) is 48.1 Å². The molecule has 0 heterocycles. The summed E-state index contributed by atoms with van der Waals surface area (Å²) in [6.07, 6.45) is 14.7. The Labute approximate surface area is 174 Å². The SMILES string of the molecule is CC(C)=C/C(=C\C=C\c1ccc(N(C)C)cc1)C1CCC(C(C)C)CCC1C. The Morgan fingerprint density at radius 3 is 2.21 bits per heavy atom. The lowest BCUT2D eigenvalue weighted by Gasteiger charge is -2.23. The summed E-state index contributed by atoms with van der Waals surface area (Å²) in [6, 6.07) is 8.75. The average Bonchev–Trinajstić information content (AvgIpc) is 2.83. The molecule has 1 heteroatoms. The van der Waals surface area contributed by atoms with Crippen LogP contribution in [0.1, 0.15) is 65.9 Å². The number of anilines is 1. The molecule has 0 aliphatic heterocycles. The maximum absolute atomic E-state index is 2.46. The summed E-state index contributed by atoms with van der Waals surface area (Å²) in [5.41, 5.74) is 5.40. The van der Waals surface area contributed by atoms with E-state index in [2.05, 4.69) is 102 Å². The summed E-state index contributed by atoms with van der Waals surface area (Å²) < 4.78 is 0. The second kappa shape index (κ2) is 10.7. The Hall–Kier alpha value is -1.76. The molecule has 0 amide bonds. The van der Waals surface area contributed by atoms with Crippen molar-refractivity contribution < 1.29 is 0 Å². The Bertz CT molecular complexity index is 683. The molecule has 0 aromatic heterocycles. The van der Waals surface area contributed by atoms with Crippen LogP contribution in [0.5, 0.6) is 0 Å². The minimum Gasteiger partial charge on any atom is -0.378 e. The van der Waals surface area contributed by atoms with Crippen LogP contribution in [0.15, 0.2) is 53.6 Å². The van der Waals surface area contributed by atoms with Crippen LogP contribution in [0.25, 0.3) is 6.08 Å². The Kier molecular flexibility index (Phi) is 8.60. The minimum atomic E-state index is 0.680. The van der Waals surface area contributed by atoms with Crippen molar-refractivity contribution >= 4 is 11.8 Å². The number of hydrogen-bond acceptors (Lipinski definition) is 1. The third kappa shape index (κ3) is 6.69. The zero-order chi connectivity index (χ0) is 20.7. The van der Waals surface area contributed by atoms with E-state index in [4.69, 9.17) is 0 Å². The van der Waals surface area contributed by atoms with E-state index in [-0.39, 0.29) is 0 Å². The molecular weight excluding hydrogens is 338 g/mol. The molecular formula is C27H41N. The highest BCUT2D eigenvalue weighted by Crippen LogP contribution is 2.39. The van der Waals surface area contributed by atoms with E-state index in [0.29, 0.717) is 5.92 Å². The highest BCUT2D eigenvalue weighted by atomic mass is 15.1. The van der Waals surface area contributed by atoms with Crippen LogP contribution in [0, 0.1) is 23.7 Å². The van der Waals surface area contributed by atoms with Crippen LogP contribution in [-0.4, -0.2) is 14.1 Å². The molecule has 0 spiro atoms. The Morgan fingerprint density at radius 1 is 1.00 bits per heavy atom. The van der Waals surface area contributed by atoms with Crippen molar-refractivity contribution in [3.63, 3.8) is 0 Å². The summed E-state index contributed by atoms with van der Waals surface area (Å²) in [5.74, 6) is 3.15. The first-order chi connectivity index (χ1) is 13.3. The molecule has 1 aromatic rings. The van der Waals surface area contributed by atoms with Crippen molar-refractivity contribution in [2.75, 3.05) is 19.0 Å². The van der Waals surface area contributed by atoms with Gasteiger partial charge in [0.05, 0.1) is 0 Å². The molecule has 2 rings (SSSR count). The van der Waals surface area contributed by atoms with Gasteiger partial charge in [0.25, 0.3) is 0 Å². The summed E-state index contributed by atoms with van der Waals surface area (Å²) >= 11 is 0. The Balaban J connectivity index is 2.18. The molecule has 0 bridgehead atoms. The molecule has 1 saturated carbocycles. The lowest BCUT2D eigenvalue weighted by molar-refractivity contribution is 0.338. The van der Waals surface area contributed by atoms with Crippen LogP contribution in [-0.2, 0) is 0 Å². The number of nitrogens with zero attached hydrogens (tertiary/aromatic N) is 1. The molecule has 1 aromatic carbocycles. The first-order valence-electron chi connectivity index (χ1n) is 11.1. The normalized spacial score (nSPS) is 23.7. The molecule has 0 radical (unpaired) electrons. The van der Waals surface area contributed by atoms with Gasteiger partial charge in [-0.2, -0.15) is 0 Å². The van der Waals surface area contributed by atoms with Gasteiger partial charge >= 0.3 is 0 Å². The summed E-state index contributed by atoms with van der Waals surface area (Å²) in [6.45, 7) is 11.7. The van der Waals surface area contributed by atoms with Gasteiger partial charge in [-0.15, -0.1) is 0 Å². The smallest absolute Gasteiger partial charge is 0.0361 e. The minimum absolute atomic E-state index is 0.680. The molecule has 28 heavy (non-hydrogen) atoms. The molecule has 1 fully saturated rings.